The molecule has 430 valence electrons. The molecule has 8 aliphatic carbocycles. The molecule has 4 aromatic carbocycles. The van der Waals surface area contributed by atoms with Gasteiger partial charge in [0.15, 0.2) is 0 Å². The van der Waals surface area contributed by atoms with Gasteiger partial charge >= 0.3 is 23.9 Å². The van der Waals surface area contributed by atoms with Gasteiger partial charge < -0.3 is 18.9 Å². The van der Waals surface area contributed by atoms with Gasteiger partial charge in [-0.15, -0.1) is 0 Å². The fourth-order valence-corrected chi connectivity index (χ4v) is 21.2. The summed E-state index contributed by atoms with van der Waals surface area (Å²) in [4.78, 5) is 53.0. The van der Waals surface area contributed by atoms with Gasteiger partial charge in [-0.3, -0.25) is 9.59 Å². The lowest BCUT2D eigenvalue weighted by Gasteiger charge is -2.61. The second-order valence-electron chi connectivity index (χ2n) is 29.0. The van der Waals surface area contributed by atoms with Crippen molar-refractivity contribution in [2.75, 3.05) is 13.2 Å². The van der Waals surface area contributed by atoms with Gasteiger partial charge in [0.1, 0.15) is 25.4 Å². The zero-order valence-corrected chi connectivity index (χ0v) is 49.4. The molecule has 0 N–H and O–H groups in total. The number of benzene rings is 4. The molecule has 4 aromatic rings. The fourth-order valence-electron chi connectivity index (χ4n) is 21.2. The third kappa shape index (κ3) is 10.4. The number of hydrogen-bond acceptors (Lipinski definition) is 8. The minimum Gasteiger partial charge on any atom is -0.462 e. The van der Waals surface area contributed by atoms with Crippen LogP contribution in [0.5, 0.6) is 0 Å². The highest BCUT2D eigenvalue weighted by molar-refractivity contribution is 5.96. The maximum atomic E-state index is 13.4. The molecule has 0 unspecified atom stereocenters. The highest BCUT2D eigenvalue weighted by Gasteiger charge is 2.63. The van der Waals surface area contributed by atoms with E-state index in [4.69, 9.17) is 18.9 Å². The molecule has 0 saturated heterocycles. The Morgan fingerprint density at radius 1 is 0.450 bits per heavy atom. The van der Waals surface area contributed by atoms with E-state index in [1.165, 1.54) is 77.0 Å². The SMILES string of the molecule is C[C@H](CCC(=O)OCCOC(=O)CC[C@@H](C)[C@H]1CC[C@H]2[C@@H]3CC[C@@H]4C[C@H](OC(=O)c5ccc6ccccc6c5)CC[C@]4(C)[C@H]3CC[C@]12C)[C@H]1CC[C@H]2[C@@H]3CC[C@@H]4C[C@H](OC(=O)c5ccc6ccccc6c5)CC[C@]4(C)[C@H]3CC[C@]12C. The summed E-state index contributed by atoms with van der Waals surface area (Å²) in [5.41, 5.74) is 2.52. The van der Waals surface area contributed by atoms with Crippen molar-refractivity contribution in [3.8, 4) is 0 Å². The van der Waals surface area contributed by atoms with Crippen molar-refractivity contribution in [2.45, 2.75) is 195 Å². The average molecular weight is 1090 g/mol. The summed E-state index contributed by atoms with van der Waals surface area (Å²) < 4.78 is 23.9. The number of ether oxygens (including phenoxy) is 4. The molecular weight excluding hydrogens is 993 g/mol. The molecule has 0 heterocycles. The molecular formula is C72H94O8. The summed E-state index contributed by atoms with van der Waals surface area (Å²) in [6.07, 6.45) is 23.9. The number of carbonyl (C=O) groups excluding carboxylic acids is 4. The van der Waals surface area contributed by atoms with Crippen molar-refractivity contribution >= 4 is 45.4 Å². The summed E-state index contributed by atoms with van der Waals surface area (Å²) in [7, 11) is 0. The topological polar surface area (TPSA) is 105 Å². The Morgan fingerprint density at radius 3 is 1.26 bits per heavy atom. The number of esters is 4. The molecule has 80 heavy (non-hydrogen) atoms. The van der Waals surface area contributed by atoms with Crippen LogP contribution in [0.25, 0.3) is 21.5 Å². The van der Waals surface area contributed by atoms with Gasteiger partial charge in [0.2, 0.25) is 0 Å². The minimum atomic E-state index is -0.184. The zero-order chi connectivity index (χ0) is 55.6. The van der Waals surface area contributed by atoms with E-state index in [1.54, 1.807) is 0 Å². The van der Waals surface area contributed by atoms with Crippen LogP contribution in [-0.2, 0) is 28.5 Å². The van der Waals surface area contributed by atoms with E-state index in [2.05, 4.69) is 65.8 Å². The van der Waals surface area contributed by atoms with E-state index in [0.29, 0.717) is 81.1 Å². The van der Waals surface area contributed by atoms with E-state index in [0.717, 1.165) is 108 Å². The van der Waals surface area contributed by atoms with Crippen LogP contribution in [0.4, 0.5) is 0 Å². The molecule has 18 atom stereocenters. The highest BCUT2D eigenvalue weighted by atomic mass is 16.6. The summed E-state index contributed by atoms with van der Waals surface area (Å²) in [5.74, 6) is 7.08. The molecule has 0 bridgehead atoms. The first kappa shape index (κ1) is 55.8. The molecule has 0 aliphatic heterocycles. The van der Waals surface area contributed by atoms with Crippen LogP contribution in [0.1, 0.15) is 204 Å². The Balaban J connectivity index is 0.545. The summed E-state index contributed by atoms with van der Waals surface area (Å²) >= 11 is 0. The smallest absolute Gasteiger partial charge is 0.338 e. The van der Waals surface area contributed by atoms with Crippen molar-refractivity contribution in [1.29, 1.82) is 0 Å². The Morgan fingerprint density at radius 2 is 0.838 bits per heavy atom. The number of carbonyl (C=O) groups is 4. The third-order valence-corrected chi connectivity index (χ3v) is 25.5. The Labute approximate surface area is 478 Å². The average Bonchev–Trinajstić information content (AvgIpc) is 4.15. The predicted molar refractivity (Wildman–Crippen MR) is 315 cm³/mol. The van der Waals surface area contributed by atoms with E-state index < -0.39 is 0 Å². The van der Waals surface area contributed by atoms with Gasteiger partial charge in [0, 0.05) is 12.8 Å². The summed E-state index contributed by atoms with van der Waals surface area (Å²) in [5, 5.41) is 4.42. The largest absolute Gasteiger partial charge is 0.462 e. The Bertz CT molecular complexity index is 2730. The van der Waals surface area contributed by atoms with E-state index in [-0.39, 0.29) is 49.3 Å². The second-order valence-corrected chi connectivity index (χ2v) is 29.0. The van der Waals surface area contributed by atoms with Gasteiger partial charge in [-0.05, 0) is 267 Å². The quantitative estimate of drug-likeness (QED) is 0.0659. The van der Waals surface area contributed by atoms with Crippen molar-refractivity contribution in [2.24, 2.45) is 92.7 Å². The van der Waals surface area contributed by atoms with E-state index >= 15 is 0 Å². The van der Waals surface area contributed by atoms with Gasteiger partial charge in [0.25, 0.3) is 0 Å². The van der Waals surface area contributed by atoms with Crippen LogP contribution in [0.2, 0.25) is 0 Å². The number of rotatable bonds is 15. The first-order valence-electron chi connectivity index (χ1n) is 32.2. The molecule has 0 radical (unpaired) electrons. The van der Waals surface area contributed by atoms with Gasteiger partial charge in [-0.1, -0.05) is 102 Å². The molecule has 8 nitrogen and oxygen atoms in total. The minimum absolute atomic E-state index is 0.00507. The molecule has 0 aromatic heterocycles. The lowest BCUT2D eigenvalue weighted by Crippen LogP contribution is -2.54. The Hall–Kier alpha value is -4.72. The number of fused-ring (bicyclic) bond motifs is 12. The second kappa shape index (κ2) is 22.5. The summed E-state index contributed by atoms with van der Waals surface area (Å²) in [6, 6.07) is 28.2. The van der Waals surface area contributed by atoms with Crippen LogP contribution in [0.3, 0.4) is 0 Å². The lowest BCUT2D eigenvalue weighted by atomic mass is 9.44. The van der Waals surface area contributed by atoms with Gasteiger partial charge in [0.05, 0.1) is 11.1 Å². The van der Waals surface area contributed by atoms with Crippen LogP contribution in [-0.4, -0.2) is 49.3 Å². The predicted octanol–water partition coefficient (Wildman–Crippen LogP) is 17.0. The normalized spacial score (nSPS) is 37.8. The zero-order valence-electron chi connectivity index (χ0n) is 49.4. The highest BCUT2D eigenvalue weighted by Crippen LogP contribution is 2.70. The lowest BCUT2D eigenvalue weighted by molar-refractivity contribution is -0.153. The standard InChI is InChI=1S/C72H94O8/c1-45(59-25-27-61-57-23-21-53-43-55(31-35-69(53,3)63(57)33-37-71(59,61)5)79-67(75)51-19-17-47-11-7-9-13-49(47)41-51)15-29-65(73)77-39-40-78-66(74)30-16-46(2)60-26-28-62-58-24-22-54-44-56(32-36-70(54,4)64(58)34-38-72(60,62)6)80-68(76)52-20-18-48-12-8-10-14-50(48)42-52/h7-14,17-20,41-42,45-46,53-64H,15-16,21-40,43-44H2,1-6H3/t45-,46-,53-,54-,55-,56-,57+,58+,59-,60-,61+,62+,63+,64+,69+,70+,71-,72-/m1/s1. The molecule has 8 aliphatic rings. The first-order chi connectivity index (χ1) is 38.5. The fraction of sp³-hybridized carbons (Fsp3) is 0.667. The van der Waals surface area contributed by atoms with Crippen molar-refractivity contribution in [3.63, 3.8) is 0 Å². The Kier molecular flexibility index (Phi) is 15.7. The maximum Gasteiger partial charge on any atom is 0.338 e. The monoisotopic (exact) mass is 1090 g/mol. The third-order valence-electron chi connectivity index (χ3n) is 25.5. The number of hydrogen-bond donors (Lipinski definition) is 0. The molecule has 8 saturated carbocycles. The first-order valence-corrected chi connectivity index (χ1v) is 32.2. The van der Waals surface area contributed by atoms with Crippen LogP contribution in [0, 0.1) is 92.7 Å². The maximum absolute atomic E-state index is 13.4. The molecule has 8 fully saturated rings. The molecule has 8 heteroatoms. The van der Waals surface area contributed by atoms with Gasteiger partial charge in [-0.2, -0.15) is 0 Å². The molecule has 12 rings (SSSR count). The van der Waals surface area contributed by atoms with Crippen molar-refractivity contribution < 1.29 is 38.1 Å². The molecule has 0 spiro atoms. The van der Waals surface area contributed by atoms with Crippen molar-refractivity contribution in [1.82, 2.24) is 0 Å². The molecule has 0 amide bonds. The van der Waals surface area contributed by atoms with E-state index in [9.17, 15) is 19.2 Å². The summed E-state index contributed by atoms with van der Waals surface area (Å²) in [6.45, 7) is 15.4. The van der Waals surface area contributed by atoms with Crippen LogP contribution >= 0.6 is 0 Å². The van der Waals surface area contributed by atoms with E-state index in [1.807, 2.05) is 60.7 Å². The van der Waals surface area contributed by atoms with Crippen LogP contribution < -0.4 is 0 Å². The van der Waals surface area contributed by atoms with Crippen LogP contribution in [0.15, 0.2) is 84.9 Å². The van der Waals surface area contributed by atoms with Crippen molar-refractivity contribution in [3.05, 3.63) is 96.1 Å². The van der Waals surface area contributed by atoms with Gasteiger partial charge in [-0.25, -0.2) is 9.59 Å².